The first-order valence-electron chi connectivity index (χ1n) is 6.03. The zero-order valence-corrected chi connectivity index (χ0v) is 11.2. The zero-order chi connectivity index (χ0) is 16.8. The predicted molar refractivity (Wildman–Crippen MR) is 68.4 cm³/mol. The molecular weight excluding hydrogens is 304 g/mol. The number of hydrogen-bond acceptors (Lipinski definition) is 4. The number of nitrogens with one attached hydrogen (secondary N) is 1. The van der Waals surface area contributed by atoms with Crippen molar-refractivity contribution in [2.45, 2.75) is 25.0 Å². The van der Waals surface area contributed by atoms with Crippen molar-refractivity contribution in [3.8, 4) is 0 Å². The van der Waals surface area contributed by atoms with E-state index in [0.717, 1.165) is 0 Å². The minimum absolute atomic E-state index is 0.186. The third-order valence-corrected chi connectivity index (χ3v) is 2.58. The zero-order valence-electron chi connectivity index (χ0n) is 11.2. The van der Waals surface area contributed by atoms with E-state index in [4.69, 9.17) is 10.2 Å². The van der Waals surface area contributed by atoms with Gasteiger partial charge < -0.3 is 20.3 Å². The fraction of sp³-hybridized carbons (Fsp3) is 0.308. The number of alkyl carbamates (subject to hydrolysis) is 1. The first kappa shape index (κ1) is 17.3. The van der Waals surface area contributed by atoms with E-state index in [2.05, 4.69) is 4.74 Å². The van der Waals surface area contributed by atoms with Gasteiger partial charge in [0.15, 0.2) is 0 Å². The Morgan fingerprint density at radius 1 is 1.18 bits per heavy atom. The number of amides is 1. The van der Waals surface area contributed by atoms with Crippen molar-refractivity contribution in [2.75, 3.05) is 0 Å². The smallest absolute Gasteiger partial charge is 0.408 e. The van der Waals surface area contributed by atoms with Crippen molar-refractivity contribution in [3.05, 3.63) is 35.9 Å². The number of carboxylic acid groups (broad SMARTS) is 2. The molecule has 0 saturated heterocycles. The molecule has 0 aliphatic rings. The molecule has 0 aromatic heterocycles. The van der Waals surface area contributed by atoms with Crippen LogP contribution in [0.25, 0.3) is 0 Å². The van der Waals surface area contributed by atoms with Crippen LogP contribution in [-0.2, 0) is 20.9 Å². The molecule has 1 amide bonds. The van der Waals surface area contributed by atoms with Crippen LogP contribution in [-0.4, -0.2) is 40.2 Å². The van der Waals surface area contributed by atoms with Gasteiger partial charge >= 0.3 is 24.0 Å². The Morgan fingerprint density at radius 2 is 1.77 bits per heavy atom. The molecule has 1 aromatic carbocycles. The fourth-order valence-electron chi connectivity index (χ4n) is 1.45. The Morgan fingerprint density at radius 3 is 2.27 bits per heavy atom. The van der Waals surface area contributed by atoms with Crippen LogP contribution < -0.4 is 5.32 Å². The number of ether oxygens (including phenoxy) is 1. The lowest BCUT2D eigenvalue weighted by atomic mass is 10.1. The molecule has 22 heavy (non-hydrogen) atoms. The van der Waals surface area contributed by atoms with E-state index in [9.17, 15) is 23.2 Å². The van der Waals surface area contributed by atoms with E-state index in [1.165, 1.54) is 0 Å². The van der Waals surface area contributed by atoms with Gasteiger partial charge in [0.25, 0.3) is 0 Å². The Balaban J connectivity index is 2.58. The first-order valence-corrected chi connectivity index (χ1v) is 6.03. The molecule has 0 fully saturated rings. The molecule has 0 bridgehead atoms. The van der Waals surface area contributed by atoms with Gasteiger partial charge in [0.2, 0.25) is 0 Å². The van der Waals surface area contributed by atoms with Crippen molar-refractivity contribution in [1.82, 2.24) is 5.32 Å². The summed E-state index contributed by atoms with van der Waals surface area (Å²) in [4.78, 5) is 32.5. The normalized spacial score (nSPS) is 12.3. The van der Waals surface area contributed by atoms with Crippen LogP contribution in [0.1, 0.15) is 12.0 Å². The predicted octanol–water partition coefficient (Wildman–Crippen LogP) is 1.48. The van der Waals surface area contributed by atoms with E-state index in [-0.39, 0.29) is 6.61 Å². The quantitative estimate of drug-likeness (QED) is 0.702. The third kappa shape index (κ3) is 5.35. The van der Waals surface area contributed by atoms with Gasteiger partial charge in [0.1, 0.15) is 12.6 Å². The number of aliphatic carboxylic acids is 2. The summed E-state index contributed by atoms with van der Waals surface area (Å²) < 4.78 is 30.7. The summed E-state index contributed by atoms with van der Waals surface area (Å²) in [5.74, 6) is -8.55. The fourth-order valence-corrected chi connectivity index (χ4v) is 1.45. The molecule has 0 unspecified atom stereocenters. The number of carboxylic acids is 2. The van der Waals surface area contributed by atoms with Crippen LogP contribution >= 0.6 is 0 Å². The molecule has 0 radical (unpaired) electrons. The standard InChI is InChI=1S/C13H13F2NO6/c14-13(15,11(19)20)6-9(10(17)18)16-12(21)22-7-8-4-2-1-3-5-8/h1-5,9H,6-7H2,(H,16,21)(H,17,18)(H,19,20)/t9-/m0/s1. The average molecular weight is 317 g/mol. The number of rotatable bonds is 7. The molecule has 0 heterocycles. The summed E-state index contributed by atoms with van der Waals surface area (Å²) in [6, 6.07) is 6.29. The summed E-state index contributed by atoms with van der Waals surface area (Å²) in [5, 5.41) is 18.7. The number of hydrogen-bond donors (Lipinski definition) is 3. The highest BCUT2D eigenvalue weighted by atomic mass is 19.3. The number of carbonyl (C=O) groups excluding carboxylic acids is 1. The molecule has 0 aliphatic heterocycles. The highest BCUT2D eigenvalue weighted by molar-refractivity contribution is 5.82. The summed E-state index contributed by atoms with van der Waals surface area (Å²) >= 11 is 0. The van der Waals surface area contributed by atoms with Gasteiger partial charge in [0.05, 0.1) is 6.42 Å². The molecule has 0 saturated carbocycles. The largest absolute Gasteiger partial charge is 0.480 e. The Labute approximate surface area is 123 Å². The topological polar surface area (TPSA) is 113 Å². The van der Waals surface area contributed by atoms with Crippen LogP contribution in [0.3, 0.4) is 0 Å². The van der Waals surface area contributed by atoms with Crippen molar-refractivity contribution in [2.24, 2.45) is 0 Å². The summed E-state index contributed by atoms with van der Waals surface area (Å²) in [7, 11) is 0. The Hall–Kier alpha value is -2.71. The summed E-state index contributed by atoms with van der Waals surface area (Å²) in [5.41, 5.74) is 0.611. The van der Waals surface area contributed by atoms with Gasteiger partial charge in [-0.15, -0.1) is 0 Å². The van der Waals surface area contributed by atoms with E-state index in [1.54, 1.807) is 35.6 Å². The van der Waals surface area contributed by atoms with Crippen LogP contribution in [0.15, 0.2) is 30.3 Å². The van der Waals surface area contributed by atoms with Gasteiger partial charge in [-0.25, -0.2) is 14.4 Å². The minimum atomic E-state index is -4.28. The second kappa shape index (κ2) is 7.34. The van der Waals surface area contributed by atoms with Crippen LogP contribution in [0.2, 0.25) is 0 Å². The number of halogens is 2. The van der Waals surface area contributed by atoms with Gasteiger partial charge in [-0.05, 0) is 5.56 Å². The third-order valence-electron chi connectivity index (χ3n) is 2.58. The van der Waals surface area contributed by atoms with Crippen molar-refractivity contribution in [1.29, 1.82) is 0 Å². The number of benzene rings is 1. The van der Waals surface area contributed by atoms with E-state index in [1.807, 2.05) is 0 Å². The lowest BCUT2D eigenvalue weighted by molar-refractivity contribution is -0.167. The maximum atomic E-state index is 13.0. The molecular formula is C13H13F2NO6. The maximum absolute atomic E-state index is 13.0. The van der Waals surface area contributed by atoms with Crippen molar-refractivity contribution < 1.29 is 38.1 Å². The SMILES string of the molecule is O=C(N[C@@H](CC(F)(F)C(=O)O)C(=O)O)OCc1ccccc1. The molecule has 9 heteroatoms. The Bertz CT molecular complexity index is 549. The van der Waals surface area contributed by atoms with Gasteiger partial charge in [0, 0.05) is 0 Å². The summed E-state index contributed by atoms with van der Waals surface area (Å²) in [6.07, 6.45) is -2.82. The highest BCUT2D eigenvalue weighted by Gasteiger charge is 2.43. The van der Waals surface area contributed by atoms with Crippen LogP contribution in [0, 0.1) is 0 Å². The van der Waals surface area contributed by atoms with Crippen LogP contribution in [0.4, 0.5) is 13.6 Å². The highest BCUT2D eigenvalue weighted by Crippen LogP contribution is 2.21. The van der Waals surface area contributed by atoms with E-state index in [0.29, 0.717) is 5.56 Å². The number of alkyl halides is 2. The monoisotopic (exact) mass is 317 g/mol. The maximum Gasteiger partial charge on any atom is 0.408 e. The van der Waals surface area contributed by atoms with Gasteiger partial charge in [-0.3, -0.25) is 0 Å². The molecule has 0 aliphatic carbocycles. The van der Waals surface area contributed by atoms with Crippen LogP contribution in [0.5, 0.6) is 0 Å². The minimum Gasteiger partial charge on any atom is -0.480 e. The van der Waals surface area contributed by atoms with E-state index >= 15 is 0 Å². The molecule has 0 spiro atoms. The average Bonchev–Trinajstić information content (AvgIpc) is 2.45. The van der Waals surface area contributed by atoms with Gasteiger partial charge in [-0.2, -0.15) is 8.78 Å². The summed E-state index contributed by atoms with van der Waals surface area (Å²) in [6.45, 7) is -0.186. The van der Waals surface area contributed by atoms with E-state index < -0.39 is 36.4 Å². The van der Waals surface area contributed by atoms with Gasteiger partial charge in [-0.1, -0.05) is 30.3 Å². The molecule has 7 nitrogen and oxygen atoms in total. The second-order valence-corrected chi connectivity index (χ2v) is 4.31. The molecule has 1 aromatic rings. The lowest BCUT2D eigenvalue weighted by Crippen LogP contribution is -2.46. The van der Waals surface area contributed by atoms with Crippen molar-refractivity contribution >= 4 is 18.0 Å². The molecule has 120 valence electrons. The Kier molecular flexibility index (Phi) is 5.79. The molecule has 1 rings (SSSR count). The molecule has 3 N–H and O–H groups in total. The lowest BCUT2D eigenvalue weighted by Gasteiger charge is -2.18. The molecule has 1 atom stereocenters. The number of carbonyl (C=O) groups is 3. The first-order chi connectivity index (χ1) is 10.2. The van der Waals surface area contributed by atoms with Crippen molar-refractivity contribution in [3.63, 3.8) is 0 Å². The second-order valence-electron chi connectivity index (χ2n) is 4.31.